The van der Waals surface area contributed by atoms with Crippen molar-refractivity contribution < 1.29 is 0 Å². The van der Waals surface area contributed by atoms with E-state index in [1.54, 1.807) is 11.3 Å². The van der Waals surface area contributed by atoms with Gasteiger partial charge in [-0.15, -0.1) is 11.3 Å². The van der Waals surface area contributed by atoms with Crippen LogP contribution >= 0.6 is 11.3 Å². The second-order valence-corrected chi connectivity index (χ2v) is 2.27. The van der Waals surface area contributed by atoms with Crippen molar-refractivity contribution in [2.75, 3.05) is 0 Å². The Balaban J connectivity index is 3.05. The number of thiophene rings is 1. The number of hydrogen-bond acceptors (Lipinski definition) is 1. The first-order chi connectivity index (χ1) is 2.89. The lowest BCUT2D eigenvalue weighted by atomic mass is 10.5. The van der Waals surface area contributed by atoms with Gasteiger partial charge in [-0.25, -0.2) is 0 Å². The van der Waals surface area contributed by atoms with E-state index < -0.39 is 0 Å². The molecule has 1 heteroatoms. The Hall–Kier alpha value is -0.300. The van der Waals surface area contributed by atoms with Gasteiger partial charge in [0.25, 0.3) is 0 Å². The topological polar surface area (TPSA) is 0 Å². The van der Waals surface area contributed by atoms with Crippen LogP contribution in [0.4, 0.5) is 0 Å². The highest BCUT2D eigenvalue weighted by Gasteiger charge is 1.75. The van der Waals surface area contributed by atoms with Crippen LogP contribution in [0.15, 0.2) is 11.4 Å². The summed E-state index contributed by atoms with van der Waals surface area (Å²) in [5, 5.41) is 1.95. The summed E-state index contributed by atoms with van der Waals surface area (Å²) in [5.41, 5.74) is 0. The van der Waals surface area contributed by atoms with Crippen LogP contribution in [0.1, 0.15) is 4.88 Å². The van der Waals surface area contributed by atoms with Crippen LogP contribution in [-0.4, -0.2) is 0 Å². The second-order valence-electron chi connectivity index (χ2n) is 1.16. The van der Waals surface area contributed by atoms with Crippen molar-refractivity contribution in [1.29, 1.82) is 0 Å². The lowest BCUT2D eigenvalue weighted by molar-refractivity contribution is 1.64. The minimum Gasteiger partial charge on any atom is -0.149 e. The zero-order valence-electron chi connectivity index (χ0n) is 3.56. The highest BCUT2D eigenvalue weighted by Crippen LogP contribution is 2.02. The molecule has 0 aliphatic heterocycles. The predicted octanol–water partition coefficient (Wildman–Crippen LogP) is 1.86. The van der Waals surface area contributed by atoms with Crippen molar-refractivity contribution >= 4 is 11.3 Å². The van der Waals surface area contributed by atoms with Crippen LogP contribution in [0.5, 0.6) is 0 Å². The van der Waals surface area contributed by atoms with Gasteiger partial charge in [-0.1, -0.05) is 0 Å². The van der Waals surface area contributed by atoms with E-state index in [-0.39, 0.29) is 0 Å². The Kier molecular flexibility index (Phi) is 0.926. The highest BCUT2D eigenvalue weighted by molar-refractivity contribution is 7.09. The van der Waals surface area contributed by atoms with Gasteiger partial charge in [-0.3, -0.25) is 0 Å². The molecule has 0 spiro atoms. The molecule has 0 atom stereocenters. The maximum Gasteiger partial charge on any atom is 0.00205 e. The van der Waals surface area contributed by atoms with E-state index in [0.29, 0.717) is 0 Å². The van der Waals surface area contributed by atoms with Crippen molar-refractivity contribution in [3.05, 3.63) is 22.4 Å². The van der Waals surface area contributed by atoms with E-state index in [1.165, 1.54) is 4.88 Å². The van der Waals surface area contributed by atoms with Gasteiger partial charge in [0, 0.05) is 4.88 Å². The largest absolute Gasteiger partial charge is 0.149 e. The summed E-state index contributed by atoms with van der Waals surface area (Å²) in [6.07, 6.45) is 0. The SMILES string of the molecule is Cc1c[c]cs1. The van der Waals surface area contributed by atoms with E-state index in [9.17, 15) is 0 Å². The van der Waals surface area contributed by atoms with Crippen LogP contribution in [0.2, 0.25) is 0 Å². The molecule has 0 bridgehead atoms. The molecule has 1 radical (unpaired) electrons. The van der Waals surface area contributed by atoms with E-state index in [0.717, 1.165) is 0 Å². The zero-order valence-corrected chi connectivity index (χ0v) is 4.38. The average Bonchev–Trinajstić information content (AvgIpc) is 1.86. The summed E-state index contributed by atoms with van der Waals surface area (Å²) < 4.78 is 0. The number of hydrogen-bond donors (Lipinski definition) is 0. The minimum atomic E-state index is 1.33. The molecule has 6 heavy (non-hydrogen) atoms. The molecule has 0 aliphatic rings. The summed E-state index contributed by atoms with van der Waals surface area (Å²) in [7, 11) is 0. The van der Waals surface area contributed by atoms with Crippen LogP contribution in [-0.2, 0) is 0 Å². The van der Waals surface area contributed by atoms with E-state index >= 15 is 0 Å². The Morgan fingerprint density at radius 3 is 2.83 bits per heavy atom. The summed E-state index contributed by atoms with van der Waals surface area (Å²) in [6, 6.07) is 4.92. The predicted molar refractivity (Wildman–Crippen MR) is 27.9 cm³/mol. The standard InChI is InChI=1S/C5H5S/c1-5-3-2-4-6-5/h3-4H,1H3. The molecular weight excluding hydrogens is 92.1 g/mol. The summed E-state index contributed by atoms with van der Waals surface area (Å²) >= 11 is 1.72. The molecule has 0 N–H and O–H groups in total. The molecule has 1 aromatic heterocycles. The first-order valence-electron chi connectivity index (χ1n) is 1.81. The van der Waals surface area contributed by atoms with Gasteiger partial charge in [0.2, 0.25) is 0 Å². The molecule has 0 aromatic carbocycles. The third-order valence-corrected chi connectivity index (χ3v) is 1.34. The molecular formula is C5H5S. The number of aryl methyl sites for hydroxylation is 1. The van der Waals surface area contributed by atoms with Gasteiger partial charge in [0.15, 0.2) is 0 Å². The molecule has 0 amide bonds. The first kappa shape index (κ1) is 3.88. The maximum absolute atomic E-state index is 2.95. The van der Waals surface area contributed by atoms with E-state index in [2.05, 4.69) is 13.0 Å². The van der Waals surface area contributed by atoms with Crippen LogP contribution in [0.25, 0.3) is 0 Å². The van der Waals surface area contributed by atoms with Crippen molar-refractivity contribution in [2.24, 2.45) is 0 Å². The molecule has 0 fully saturated rings. The van der Waals surface area contributed by atoms with Gasteiger partial charge >= 0.3 is 0 Å². The van der Waals surface area contributed by atoms with Gasteiger partial charge in [0.05, 0.1) is 0 Å². The van der Waals surface area contributed by atoms with Crippen LogP contribution in [0, 0.1) is 13.0 Å². The number of rotatable bonds is 0. The normalized spacial score (nSPS) is 8.83. The third kappa shape index (κ3) is 0.601. The average molecular weight is 97.2 g/mol. The molecule has 0 nitrogen and oxygen atoms in total. The Bertz CT molecular complexity index is 107. The first-order valence-corrected chi connectivity index (χ1v) is 2.69. The van der Waals surface area contributed by atoms with Crippen molar-refractivity contribution in [3.8, 4) is 0 Å². The van der Waals surface area contributed by atoms with Crippen molar-refractivity contribution in [1.82, 2.24) is 0 Å². The van der Waals surface area contributed by atoms with Crippen molar-refractivity contribution in [2.45, 2.75) is 6.92 Å². The second kappa shape index (κ2) is 1.43. The highest BCUT2D eigenvalue weighted by atomic mass is 32.1. The molecule has 31 valence electrons. The Labute approximate surface area is 41.4 Å². The Morgan fingerprint density at radius 1 is 1.83 bits per heavy atom. The summed E-state index contributed by atoms with van der Waals surface area (Å²) in [4.78, 5) is 1.33. The fourth-order valence-electron chi connectivity index (χ4n) is 0.312. The fourth-order valence-corrected chi connectivity index (χ4v) is 0.770. The molecule has 0 aliphatic carbocycles. The van der Waals surface area contributed by atoms with Gasteiger partial charge in [-0.05, 0) is 24.4 Å². The van der Waals surface area contributed by atoms with Gasteiger partial charge < -0.3 is 0 Å². The van der Waals surface area contributed by atoms with Gasteiger partial charge in [-0.2, -0.15) is 0 Å². The zero-order chi connectivity index (χ0) is 4.41. The van der Waals surface area contributed by atoms with Crippen LogP contribution < -0.4 is 0 Å². The quantitative estimate of drug-likeness (QED) is 0.463. The van der Waals surface area contributed by atoms with E-state index in [4.69, 9.17) is 0 Å². The van der Waals surface area contributed by atoms with Crippen LogP contribution in [0.3, 0.4) is 0 Å². The smallest absolute Gasteiger partial charge is 0.00205 e. The maximum atomic E-state index is 2.95. The summed E-state index contributed by atoms with van der Waals surface area (Å²) in [6.45, 7) is 2.07. The van der Waals surface area contributed by atoms with Crippen molar-refractivity contribution in [3.63, 3.8) is 0 Å². The molecule has 1 rings (SSSR count). The summed E-state index contributed by atoms with van der Waals surface area (Å²) in [5.74, 6) is 0. The van der Waals surface area contributed by atoms with E-state index in [1.807, 2.05) is 11.4 Å². The fraction of sp³-hybridized carbons (Fsp3) is 0.200. The monoisotopic (exact) mass is 97.0 g/mol. The molecule has 1 aromatic rings. The minimum absolute atomic E-state index is 1.33. The lowest BCUT2D eigenvalue weighted by Gasteiger charge is -1.65. The van der Waals surface area contributed by atoms with Gasteiger partial charge in [0.1, 0.15) is 0 Å². The lowest BCUT2D eigenvalue weighted by Crippen LogP contribution is -1.43. The molecule has 0 saturated carbocycles. The molecule has 0 saturated heterocycles. The Morgan fingerprint density at radius 2 is 2.67 bits per heavy atom. The molecule has 1 heterocycles. The molecule has 0 unspecified atom stereocenters. The third-order valence-electron chi connectivity index (χ3n) is 0.599.